The number of benzene rings is 1. The number of nitrogens with zero attached hydrogens (tertiary/aromatic N) is 2. The largest absolute Gasteiger partial charge is 0.340 e. The van der Waals surface area contributed by atoms with E-state index < -0.39 is 0 Å². The van der Waals surface area contributed by atoms with Gasteiger partial charge >= 0.3 is 0 Å². The van der Waals surface area contributed by atoms with E-state index in [2.05, 4.69) is 11.1 Å². The van der Waals surface area contributed by atoms with Crippen molar-refractivity contribution in [2.24, 2.45) is 5.73 Å². The van der Waals surface area contributed by atoms with Gasteiger partial charge in [-0.1, -0.05) is 23.7 Å². The van der Waals surface area contributed by atoms with Crippen LogP contribution in [0.4, 0.5) is 0 Å². The first-order chi connectivity index (χ1) is 13.0. The zero-order chi connectivity index (χ0) is 19.3. The van der Waals surface area contributed by atoms with Gasteiger partial charge < -0.3 is 10.6 Å². The average molecular weight is 386 g/mol. The first-order valence-corrected chi connectivity index (χ1v) is 10.0. The summed E-state index contributed by atoms with van der Waals surface area (Å²) in [6.45, 7) is 3.03. The van der Waals surface area contributed by atoms with E-state index in [0.717, 1.165) is 43.7 Å². The van der Waals surface area contributed by atoms with Crippen LogP contribution in [0.2, 0.25) is 5.02 Å². The third kappa shape index (κ3) is 4.69. The minimum Gasteiger partial charge on any atom is -0.340 e. The van der Waals surface area contributed by atoms with Crippen molar-refractivity contribution in [1.82, 2.24) is 9.88 Å². The van der Waals surface area contributed by atoms with E-state index in [1.165, 1.54) is 11.1 Å². The summed E-state index contributed by atoms with van der Waals surface area (Å²) in [7, 11) is 0. The summed E-state index contributed by atoms with van der Waals surface area (Å²) >= 11 is 6.21. The number of hydrogen-bond donors (Lipinski definition) is 1. The van der Waals surface area contributed by atoms with Crippen LogP contribution in [0.3, 0.4) is 0 Å². The summed E-state index contributed by atoms with van der Waals surface area (Å²) < 4.78 is 0. The number of carbonyl (C=O) groups is 1. The number of carbonyl (C=O) groups excluding carboxylic acids is 1. The van der Waals surface area contributed by atoms with E-state index in [1.807, 2.05) is 35.2 Å². The highest BCUT2D eigenvalue weighted by Crippen LogP contribution is 2.40. The number of hydrogen-bond acceptors (Lipinski definition) is 3. The molecular formula is C22H28ClN3O. The number of aromatic nitrogens is 1. The molecule has 0 radical (unpaired) electrons. The van der Waals surface area contributed by atoms with Crippen LogP contribution in [-0.4, -0.2) is 34.9 Å². The van der Waals surface area contributed by atoms with Gasteiger partial charge in [-0.05, 0) is 67.5 Å². The molecule has 2 aromatic rings. The minimum absolute atomic E-state index is 0.0328. The predicted molar refractivity (Wildman–Crippen MR) is 110 cm³/mol. The lowest BCUT2D eigenvalue weighted by Crippen LogP contribution is -2.47. The zero-order valence-corrected chi connectivity index (χ0v) is 16.7. The summed E-state index contributed by atoms with van der Waals surface area (Å²) in [5.41, 5.74) is 8.61. The van der Waals surface area contributed by atoms with E-state index in [1.54, 1.807) is 19.3 Å². The molecule has 5 heteroatoms. The van der Waals surface area contributed by atoms with Crippen molar-refractivity contribution < 1.29 is 4.79 Å². The fourth-order valence-corrected chi connectivity index (χ4v) is 4.48. The van der Waals surface area contributed by atoms with Crippen LogP contribution in [0, 0.1) is 0 Å². The van der Waals surface area contributed by atoms with Gasteiger partial charge in [0.1, 0.15) is 0 Å². The number of halogens is 1. The molecule has 0 atom stereocenters. The van der Waals surface area contributed by atoms with Crippen molar-refractivity contribution in [3.05, 3.63) is 64.9 Å². The maximum absolute atomic E-state index is 12.3. The second-order valence-electron chi connectivity index (χ2n) is 7.54. The molecule has 144 valence electrons. The monoisotopic (exact) mass is 385 g/mol. The number of pyridine rings is 1. The highest BCUT2D eigenvalue weighted by molar-refractivity contribution is 6.30. The molecule has 0 aliphatic heterocycles. The zero-order valence-electron chi connectivity index (χ0n) is 15.9. The standard InChI is InChI=1S/C22H28ClN3O/c1-17(27)26(14-9-18-7-12-25-13-8-18)21-5-10-22(16-24,11-6-21)19-3-2-4-20(23)15-19/h2-4,7-8,12-13,15,21H,5-6,9-11,14,16,24H2,1H3/t21-,22-. The Bertz CT molecular complexity index is 757. The fraction of sp³-hybridized carbons (Fsp3) is 0.455. The van der Waals surface area contributed by atoms with Gasteiger partial charge in [-0.2, -0.15) is 0 Å². The van der Waals surface area contributed by atoms with Crippen molar-refractivity contribution in [3.8, 4) is 0 Å². The van der Waals surface area contributed by atoms with E-state index >= 15 is 0 Å². The average Bonchev–Trinajstić information content (AvgIpc) is 2.69. The SMILES string of the molecule is CC(=O)N(CCc1ccncc1)[C@H]1CC[C@](CN)(c2cccc(Cl)c2)CC1. The predicted octanol–water partition coefficient (Wildman–Crippen LogP) is 3.97. The lowest BCUT2D eigenvalue weighted by molar-refractivity contribution is -0.132. The molecule has 27 heavy (non-hydrogen) atoms. The summed E-state index contributed by atoms with van der Waals surface area (Å²) in [5, 5.41) is 0.755. The number of nitrogens with two attached hydrogens (primary N) is 1. The molecule has 2 N–H and O–H groups in total. The molecule has 1 heterocycles. The molecule has 3 rings (SSSR count). The second kappa shape index (κ2) is 8.85. The lowest BCUT2D eigenvalue weighted by Gasteiger charge is -2.43. The molecule has 1 aromatic heterocycles. The minimum atomic E-state index is -0.0328. The van der Waals surface area contributed by atoms with Gasteiger partial charge in [-0.25, -0.2) is 0 Å². The Morgan fingerprint density at radius 2 is 1.96 bits per heavy atom. The Morgan fingerprint density at radius 3 is 2.56 bits per heavy atom. The molecule has 4 nitrogen and oxygen atoms in total. The van der Waals surface area contributed by atoms with Crippen LogP contribution in [0.5, 0.6) is 0 Å². The molecule has 0 saturated heterocycles. The van der Waals surface area contributed by atoms with Crippen LogP contribution in [-0.2, 0) is 16.6 Å². The molecule has 0 bridgehead atoms. The highest BCUT2D eigenvalue weighted by atomic mass is 35.5. The van der Waals surface area contributed by atoms with Crippen molar-refractivity contribution >= 4 is 17.5 Å². The Hall–Kier alpha value is -1.91. The van der Waals surface area contributed by atoms with Gasteiger partial charge in [-0.3, -0.25) is 9.78 Å². The molecule has 1 fully saturated rings. The normalized spacial score (nSPS) is 22.4. The van der Waals surface area contributed by atoms with Crippen molar-refractivity contribution in [3.63, 3.8) is 0 Å². The molecule has 1 aliphatic carbocycles. The Kier molecular flexibility index (Phi) is 6.51. The summed E-state index contributed by atoms with van der Waals surface area (Å²) in [5.74, 6) is 0.150. The third-order valence-corrected chi connectivity index (χ3v) is 6.21. The lowest BCUT2D eigenvalue weighted by atomic mass is 9.68. The Morgan fingerprint density at radius 1 is 1.26 bits per heavy atom. The van der Waals surface area contributed by atoms with Gasteiger partial charge in [0.15, 0.2) is 0 Å². The van der Waals surface area contributed by atoms with Crippen molar-refractivity contribution in [2.45, 2.75) is 50.5 Å². The molecule has 0 unspecified atom stereocenters. The van der Waals surface area contributed by atoms with Gasteiger partial charge in [0.25, 0.3) is 0 Å². The third-order valence-electron chi connectivity index (χ3n) is 5.98. The second-order valence-corrected chi connectivity index (χ2v) is 7.98. The first-order valence-electron chi connectivity index (χ1n) is 9.66. The molecule has 0 spiro atoms. The van der Waals surface area contributed by atoms with Crippen LogP contribution in [0.25, 0.3) is 0 Å². The molecule has 1 aromatic carbocycles. The smallest absolute Gasteiger partial charge is 0.219 e. The first kappa shape index (κ1) is 19.8. The molecular weight excluding hydrogens is 358 g/mol. The molecule has 1 amide bonds. The van der Waals surface area contributed by atoms with E-state index in [-0.39, 0.29) is 17.4 Å². The topological polar surface area (TPSA) is 59.2 Å². The van der Waals surface area contributed by atoms with Gasteiger partial charge in [0, 0.05) is 48.9 Å². The summed E-state index contributed by atoms with van der Waals surface area (Å²) in [6, 6.07) is 12.4. The fourth-order valence-electron chi connectivity index (χ4n) is 4.29. The van der Waals surface area contributed by atoms with Crippen LogP contribution < -0.4 is 5.73 Å². The van der Waals surface area contributed by atoms with Crippen molar-refractivity contribution in [2.75, 3.05) is 13.1 Å². The quantitative estimate of drug-likeness (QED) is 0.818. The Balaban J connectivity index is 1.67. The van der Waals surface area contributed by atoms with E-state index in [9.17, 15) is 4.79 Å². The highest BCUT2D eigenvalue weighted by Gasteiger charge is 2.38. The number of amides is 1. The van der Waals surface area contributed by atoms with Gasteiger partial charge in [-0.15, -0.1) is 0 Å². The summed E-state index contributed by atoms with van der Waals surface area (Å²) in [6.07, 6.45) is 8.36. The molecule has 1 aliphatic rings. The maximum atomic E-state index is 12.3. The Labute approximate surface area is 166 Å². The van der Waals surface area contributed by atoms with Crippen LogP contribution in [0.1, 0.15) is 43.7 Å². The van der Waals surface area contributed by atoms with Gasteiger partial charge in [0.05, 0.1) is 0 Å². The summed E-state index contributed by atoms with van der Waals surface area (Å²) in [4.78, 5) is 18.4. The van der Waals surface area contributed by atoms with E-state index in [4.69, 9.17) is 17.3 Å². The van der Waals surface area contributed by atoms with Crippen LogP contribution >= 0.6 is 11.6 Å². The maximum Gasteiger partial charge on any atom is 0.219 e. The van der Waals surface area contributed by atoms with Crippen molar-refractivity contribution in [1.29, 1.82) is 0 Å². The number of rotatable bonds is 6. The van der Waals surface area contributed by atoms with E-state index in [0.29, 0.717) is 6.54 Å². The molecule has 1 saturated carbocycles. The van der Waals surface area contributed by atoms with Crippen LogP contribution in [0.15, 0.2) is 48.8 Å². The van der Waals surface area contributed by atoms with Gasteiger partial charge in [0.2, 0.25) is 5.91 Å².